The molecule has 1 saturated carbocycles. The van der Waals surface area contributed by atoms with Crippen LogP contribution in [-0.2, 0) is 9.53 Å². The first-order chi connectivity index (χ1) is 11.1. The first kappa shape index (κ1) is 15.7. The highest BCUT2D eigenvalue weighted by molar-refractivity contribution is 5.72. The summed E-state index contributed by atoms with van der Waals surface area (Å²) in [6.07, 6.45) is 7.63. The van der Waals surface area contributed by atoms with Gasteiger partial charge in [-0.2, -0.15) is 5.10 Å². The van der Waals surface area contributed by atoms with Gasteiger partial charge in [0.15, 0.2) is 0 Å². The van der Waals surface area contributed by atoms with Crippen LogP contribution in [0.3, 0.4) is 0 Å². The lowest BCUT2D eigenvalue weighted by Gasteiger charge is -2.27. The fourth-order valence-corrected chi connectivity index (χ4v) is 3.27. The lowest BCUT2D eigenvalue weighted by molar-refractivity contribution is -0.146. The van der Waals surface area contributed by atoms with Crippen molar-refractivity contribution in [2.75, 3.05) is 7.11 Å². The van der Waals surface area contributed by atoms with Crippen LogP contribution in [0.1, 0.15) is 42.9 Å². The van der Waals surface area contributed by atoms with Crippen LogP contribution in [0, 0.1) is 19.8 Å². The zero-order valence-electron chi connectivity index (χ0n) is 14.0. The third-order valence-corrected chi connectivity index (χ3v) is 4.67. The Kier molecular flexibility index (Phi) is 4.46. The van der Waals surface area contributed by atoms with Crippen molar-refractivity contribution in [3.63, 3.8) is 0 Å². The van der Waals surface area contributed by atoms with E-state index in [0.29, 0.717) is 6.04 Å². The molecule has 0 N–H and O–H groups in total. The fourth-order valence-electron chi connectivity index (χ4n) is 3.27. The van der Waals surface area contributed by atoms with Gasteiger partial charge in [0.2, 0.25) is 0 Å². The molecule has 2 aromatic rings. The van der Waals surface area contributed by atoms with Crippen LogP contribution in [0.25, 0.3) is 11.4 Å². The predicted octanol–water partition coefficient (Wildman–Crippen LogP) is 3.47. The molecule has 2 heterocycles. The quantitative estimate of drug-likeness (QED) is 0.814. The summed E-state index contributed by atoms with van der Waals surface area (Å²) in [6, 6.07) is 4.43. The van der Waals surface area contributed by atoms with Crippen molar-refractivity contribution in [1.29, 1.82) is 0 Å². The molecular weight excluding hydrogens is 290 g/mol. The average molecular weight is 313 g/mol. The number of rotatable bonds is 3. The predicted molar refractivity (Wildman–Crippen MR) is 87.9 cm³/mol. The van der Waals surface area contributed by atoms with Crippen LogP contribution in [-0.4, -0.2) is 27.8 Å². The lowest BCUT2D eigenvalue weighted by Crippen LogP contribution is -2.24. The normalized spacial score (nSPS) is 21.2. The van der Waals surface area contributed by atoms with Crippen LogP contribution >= 0.6 is 0 Å². The van der Waals surface area contributed by atoms with Gasteiger partial charge < -0.3 is 4.74 Å². The maximum absolute atomic E-state index is 11.6. The van der Waals surface area contributed by atoms with Crippen molar-refractivity contribution < 1.29 is 9.53 Å². The lowest BCUT2D eigenvalue weighted by atomic mass is 9.86. The Hall–Kier alpha value is -2.17. The van der Waals surface area contributed by atoms with E-state index >= 15 is 0 Å². The van der Waals surface area contributed by atoms with Gasteiger partial charge in [0.1, 0.15) is 5.69 Å². The van der Waals surface area contributed by atoms with E-state index in [1.165, 1.54) is 7.11 Å². The Morgan fingerprint density at radius 3 is 2.57 bits per heavy atom. The molecule has 0 unspecified atom stereocenters. The van der Waals surface area contributed by atoms with Crippen LogP contribution < -0.4 is 0 Å². The third-order valence-electron chi connectivity index (χ3n) is 4.67. The number of aromatic nitrogens is 3. The topological polar surface area (TPSA) is 57.0 Å². The number of hydrogen-bond acceptors (Lipinski definition) is 4. The Morgan fingerprint density at radius 2 is 1.96 bits per heavy atom. The minimum absolute atomic E-state index is 0.0474. The van der Waals surface area contributed by atoms with Gasteiger partial charge in [-0.15, -0.1) is 0 Å². The number of methoxy groups -OCH3 is 1. The van der Waals surface area contributed by atoms with Gasteiger partial charge in [-0.1, -0.05) is 6.07 Å². The molecule has 3 rings (SSSR count). The van der Waals surface area contributed by atoms with Crippen molar-refractivity contribution in [2.45, 2.75) is 45.6 Å². The van der Waals surface area contributed by atoms with Crippen LogP contribution in [0.2, 0.25) is 0 Å². The van der Waals surface area contributed by atoms with Gasteiger partial charge in [0.25, 0.3) is 0 Å². The molecule has 0 aliphatic heterocycles. The number of nitrogens with zero attached hydrogens (tertiary/aromatic N) is 3. The number of carbonyl (C=O) groups excluding carboxylic acids is 1. The van der Waals surface area contributed by atoms with Crippen molar-refractivity contribution in [1.82, 2.24) is 14.8 Å². The van der Waals surface area contributed by atoms with E-state index in [-0.39, 0.29) is 11.9 Å². The second kappa shape index (κ2) is 6.52. The molecule has 1 aliphatic carbocycles. The van der Waals surface area contributed by atoms with Gasteiger partial charge in [0.05, 0.1) is 24.8 Å². The Balaban J connectivity index is 1.74. The van der Waals surface area contributed by atoms with Gasteiger partial charge >= 0.3 is 5.97 Å². The van der Waals surface area contributed by atoms with Crippen molar-refractivity contribution in [3.05, 3.63) is 35.7 Å². The van der Waals surface area contributed by atoms with Crippen molar-refractivity contribution in [2.24, 2.45) is 5.92 Å². The maximum Gasteiger partial charge on any atom is 0.308 e. The van der Waals surface area contributed by atoms with E-state index in [1.807, 2.05) is 19.2 Å². The summed E-state index contributed by atoms with van der Waals surface area (Å²) >= 11 is 0. The molecule has 23 heavy (non-hydrogen) atoms. The number of hydrogen-bond donors (Lipinski definition) is 0. The van der Waals surface area contributed by atoms with Gasteiger partial charge in [0, 0.05) is 12.4 Å². The zero-order chi connectivity index (χ0) is 16.4. The molecule has 5 nitrogen and oxygen atoms in total. The first-order valence-corrected chi connectivity index (χ1v) is 8.15. The Labute approximate surface area is 136 Å². The molecule has 0 radical (unpaired) electrons. The molecule has 5 heteroatoms. The second-order valence-corrected chi connectivity index (χ2v) is 6.39. The second-order valence-electron chi connectivity index (χ2n) is 6.39. The zero-order valence-corrected chi connectivity index (χ0v) is 14.0. The van der Waals surface area contributed by atoms with E-state index in [0.717, 1.165) is 48.2 Å². The van der Waals surface area contributed by atoms with E-state index in [4.69, 9.17) is 9.84 Å². The van der Waals surface area contributed by atoms with Crippen molar-refractivity contribution >= 4 is 5.97 Å². The highest BCUT2D eigenvalue weighted by atomic mass is 16.5. The standard InChI is InChI=1S/C18H23N3O2/c1-12-4-9-16(19-10-12)17-13(2)11-21(20-17)15-7-5-14(6-8-15)18(22)23-3/h4,9-11,14-15H,5-8H2,1-3H3/t14-,15-. The van der Waals surface area contributed by atoms with E-state index in [9.17, 15) is 4.79 Å². The first-order valence-electron chi connectivity index (χ1n) is 8.15. The van der Waals surface area contributed by atoms with E-state index in [2.05, 4.69) is 28.9 Å². The molecule has 0 spiro atoms. The molecular formula is C18H23N3O2. The highest BCUT2D eigenvalue weighted by Crippen LogP contribution is 2.33. The number of ether oxygens (including phenoxy) is 1. The summed E-state index contributed by atoms with van der Waals surface area (Å²) in [4.78, 5) is 16.1. The summed E-state index contributed by atoms with van der Waals surface area (Å²) in [5.41, 5.74) is 4.14. The molecule has 1 fully saturated rings. The number of pyridine rings is 1. The molecule has 0 aromatic carbocycles. The number of aryl methyl sites for hydroxylation is 2. The average Bonchev–Trinajstić information content (AvgIpc) is 2.97. The Morgan fingerprint density at radius 1 is 1.22 bits per heavy atom. The van der Waals surface area contributed by atoms with Gasteiger partial charge in [-0.25, -0.2) is 0 Å². The van der Waals surface area contributed by atoms with Crippen LogP contribution in [0.4, 0.5) is 0 Å². The molecule has 0 atom stereocenters. The molecule has 0 bridgehead atoms. The molecule has 1 aliphatic rings. The monoisotopic (exact) mass is 313 g/mol. The van der Waals surface area contributed by atoms with E-state index in [1.54, 1.807) is 0 Å². The highest BCUT2D eigenvalue weighted by Gasteiger charge is 2.28. The number of esters is 1. The van der Waals surface area contributed by atoms with Crippen molar-refractivity contribution in [3.8, 4) is 11.4 Å². The summed E-state index contributed by atoms with van der Waals surface area (Å²) in [5.74, 6) is -0.0317. The van der Waals surface area contributed by atoms with E-state index < -0.39 is 0 Å². The minimum Gasteiger partial charge on any atom is -0.469 e. The summed E-state index contributed by atoms with van der Waals surface area (Å²) in [5, 5.41) is 4.76. The molecule has 122 valence electrons. The molecule has 0 amide bonds. The molecule has 0 saturated heterocycles. The molecule has 2 aromatic heterocycles. The van der Waals surface area contributed by atoms with Crippen LogP contribution in [0.5, 0.6) is 0 Å². The summed E-state index contributed by atoms with van der Waals surface area (Å²) < 4.78 is 6.91. The minimum atomic E-state index is -0.0790. The third kappa shape index (κ3) is 3.28. The summed E-state index contributed by atoms with van der Waals surface area (Å²) in [6.45, 7) is 4.10. The largest absolute Gasteiger partial charge is 0.469 e. The summed E-state index contributed by atoms with van der Waals surface area (Å²) in [7, 11) is 1.46. The fraction of sp³-hybridized carbons (Fsp3) is 0.500. The maximum atomic E-state index is 11.6. The van der Waals surface area contributed by atoms with Gasteiger partial charge in [-0.05, 0) is 56.7 Å². The van der Waals surface area contributed by atoms with Crippen LogP contribution in [0.15, 0.2) is 24.5 Å². The van der Waals surface area contributed by atoms with Gasteiger partial charge in [-0.3, -0.25) is 14.5 Å². The Bertz CT molecular complexity index is 683. The SMILES string of the molecule is COC(=O)[C@H]1CC[C@H](n2cc(C)c(-c3ccc(C)cn3)n2)CC1. The number of carbonyl (C=O) groups is 1. The smallest absolute Gasteiger partial charge is 0.308 e.